The largest absolute Gasteiger partial charge is 0.392 e. The van der Waals surface area contributed by atoms with Gasteiger partial charge in [0.15, 0.2) is 11.2 Å². The van der Waals surface area contributed by atoms with Gasteiger partial charge in [-0.15, -0.1) is 0 Å². The van der Waals surface area contributed by atoms with Crippen molar-refractivity contribution >= 4 is 17.1 Å². The predicted molar refractivity (Wildman–Crippen MR) is 91.5 cm³/mol. The molecule has 0 aliphatic rings. The average Bonchev–Trinajstić information content (AvgIpc) is 2.83. The molecule has 2 heterocycles. The third kappa shape index (κ3) is 4.04. The average molecular weight is 339 g/mol. The number of aromatic nitrogens is 4. The summed E-state index contributed by atoms with van der Waals surface area (Å²) in [7, 11) is 1.54. The normalized spacial score (nSPS) is 12.9. The van der Waals surface area contributed by atoms with E-state index in [1.54, 1.807) is 18.5 Å². The number of aromatic amines is 1. The molecular weight excluding hydrogens is 314 g/mol. The molecule has 0 aromatic carbocycles. The van der Waals surface area contributed by atoms with Gasteiger partial charge >= 0.3 is 5.69 Å². The molecule has 134 valence electrons. The van der Waals surface area contributed by atoms with Crippen LogP contribution in [0.2, 0.25) is 0 Å². The molecule has 0 aliphatic carbocycles. The van der Waals surface area contributed by atoms with E-state index in [4.69, 9.17) is 4.74 Å². The first-order valence-electron chi connectivity index (χ1n) is 8.04. The first-order chi connectivity index (χ1) is 11.3. The molecule has 1 atom stereocenters. The van der Waals surface area contributed by atoms with Crippen LogP contribution in [0.25, 0.3) is 11.2 Å². The lowest BCUT2D eigenvalue weighted by Crippen LogP contribution is -2.29. The first-order valence-corrected chi connectivity index (χ1v) is 8.04. The summed E-state index contributed by atoms with van der Waals surface area (Å²) in [6.45, 7) is 6.98. The molecule has 3 N–H and O–H groups in total. The minimum atomic E-state index is -0.663. The number of nitrogens with one attached hydrogen (secondary N) is 2. The highest BCUT2D eigenvalue weighted by Crippen LogP contribution is 2.16. The van der Waals surface area contributed by atoms with Gasteiger partial charge in [-0.25, -0.2) is 4.79 Å². The van der Waals surface area contributed by atoms with Gasteiger partial charge in [-0.2, -0.15) is 4.98 Å². The Balaban J connectivity index is 2.31. The van der Waals surface area contributed by atoms with E-state index in [-0.39, 0.29) is 23.8 Å². The van der Waals surface area contributed by atoms with Crippen LogP contribution < -0.4 is 16.6 Å². The van der Waals surface area contributed by atoms with Gasteiger partial charge in [-0.1, -0.05) is 0 Å². The molecule has 0 amide bonds. The van der Waals surface area contributed by atoms with Crippen LogP contribution >= 0.6 is 0 Å². The molecule has 9 heteroatoms. The number of hydrogen-bond donors (Lipinski definition) is 3. The molecule has 2 aromatic rings. The van der Waals surface area contributed by atoms with E-state index in [1.807, 2.05) is 13.8 Å². The smallest absolute Gasteiger partial charge is 0.329 e. The molecule has 2 rings (SSSR count). The number of fused-ring (bicyclic) bond motifs is 1. The number of imidazole rings is 1. The zero-order chi connectivity index (χ0) is 17.9. The highest BCUT2D eigenvalue weighted by atomic mass is 16.5. The summed E-state index contributed by atoms with van der Waals surface area (Å²) < 4.78 is 8.36. The number of aliphatic hydroxyl groups excluding tert-OH is 1. The highest BCUT2D eigenvalue weighted by Gasteiger charge is 2.18. The number of aliphatic hydroxyl groups is 1. The van der Waals surface area contributed by atoms with E-state index in [1.165, 1.54) is 4.57 Å². The van der Waals surface area contributed by atoms with Crippen molar-refractivity contribution in [3.63, 3.8) is 0 Å². The lowest BCUT2D eigenvalue weighted by Gasteiger charge is -2.12. The molecule has 0 fully saturated rings. The van der Waals surface area contributed by atoms with Gasteiger partial charge in [0.2, 0.25) is 5.95 Å². The van der Waals surface area contributed by atoms with Crippen molar-refractivity contribution in [3.05, 3.63) is 20.8 Å². The fourth-order valence-corrected chi connectivity index (χ4v) is 2.40. The second-order valence-electron chi connectivity index (χ2n) is 6.09. The SMILES string of the molecule is CC(C)OCCCNc1nc2c(c(=O)[nH]c(=O)n2C)n1C[C@@H](C)O. The second kappa shape index (κ2) is 7.63. The number of nitrogens with zero attached hydrogens (tertiary/aromatic N) is 3. The van der Waals surface area contributed by atoms with Crippen LogP contribution in [0.4, 0.5) is 5.95 Å². The highest BCUT2D eigenvalue weighted by molar-refractivity contribution is 5.74. The molecule has 2 aromatic heterocycles. The maximum Gasteiger partial charge on any atom is 0.329 e. The van der Waals surface area contributed by atoms with E-state index in [9.17, 15) is 14.7 Å². The van der Waals surface area contributed by atoms with Crippen molar-refractivity contribution in [2.45, 2.75) is 45.9 Å². The van der Waals surface area contributed by atoms with Crippen molar-refractivity contribution in [1.82, 2.24) is 19.1 Å². The van der Waals surface area contributed by atoms with E-state index < -0.39 is 17.4 Å². The Hall–Kier alpha value is -2.13. The molecular formula is C15H25N5O4. The van der Waals surface area contributed by atoms with Gasteiger partial charge in [-0.05, 0) is 27.2 Å². The number of aryl methyl sites for hydroxylation is 1. The summed E-state index contributed by atoms with van der Waals surface area (Å²) in [6.07, 6.45) is 0.285. The number of hydrogen-bond acceptors (Lipinski definition) is 6. The van der Waals surface area contributed by atoms with E-state index in [0.29, 0.717) is 19.1 Å². The third-order valence-electron chi connectivity index (χ3n) is 3.51. The minimum Gasteiger partial charge on any atom is -0.392 e. The molecule has 24 heavy (non-hydrogen) atoms. The Bertz CT molecular complexity index is 803. The minimum absolute atomic E-state index is 0.179. The van der Waals surface area contributed by atoms with Gasteiger partial charge in [-0.3, -0.25) is 14.3 Å². The summed E-state index contributed by atoms with van der Waals surface area (Å²) in [6, 6.07) is 0. The van der Waals surface area contributed by atoms with Crippen LogP contribution in [0.15, 0.2) is 9.59 Å². The Morgan fingerprint density at radius 2 is 2.04 bits per heavy atom. The summed E-state index contributed by atoms with van der Waals surface area (Å²) in [5.74, 6) is 0.446. The van der Waals surface area contributed by atoms with Gasteiger partial charge < -0.3 is 19.7 Å². The third-order valence-corrected chi connectivity index (χ3v) is 3.51. The van der Waals surface area contributed by atoms with Gasteiger partial charge in [0, 0.05) is 20.2 Å². The molecule has 9 nitrogen and oxygen atoms in total. The first kappa shape index (κ1) is 18.2. The lowest BCUT2D eigenvalue weighted by atomic mass is 10.4. The van der Waals surface area contributed by atoms with Crippen LogP contribution in [0.5, 0.6) is 0 Å². The van der Waals surface area contributed by atoms with Crippen LogP contribution in [0.3, 0.4) is 0 Å². The molecule has 0 spiro atoms. The number of anilines is 1. The number of rotatable bonds is 8. The Morgan fingerprint density at radius 3 is 2.67 bits per heavy atom. The van der Waals surface area contributed by atoms with Crippen LogP contribution in [-0.2, 0) is 18.3 Å². The maximum atomic E-state index is 12.2. The summed E-state index contributed by atoms with van der Waals surface area (Å²) in [4.78, 5) is 30.5. The second-order valence-corrected chi connectivity index (χ2v) is 6.09. The molecule has 0 unspecified atom stereocenters. The zero-order valence-corrected chi connectivity index (χ0v) is 14.5. The van der Waals surface area contributed by atoms with Gasteiger partial charge in [0.05, 0.1) is 18.8 Å². The van der Waals surface area contributed by atoms with E-state index in [0.717, 1.165) is 6.42 Å². The summed E-state index contributed by atoms with van der Waals surface area (Å²) in [5.41, 5.74) is -0.493. The summed E-state index contributed by atoms with van der Waals surface area (Å²) in [5, 5.41) is 12.9. The van der Waals surface area contributed by atoms with Gasteiger partial charge in [0.1, 0.15) is 0 Å². The fraction of sp³-hybridized carbons (Fsp3) is 0.667. The van der Waals surface area contributed by atoms with Gasteiger partial charge in [0.25, 0.3) is 5.56 Å². The van der Waals surface area contributed by atoms with Crippen LogP contribution in [0.1, 0.15) is 27.2 Å². The van der Waals surface area contributed by atoms with Crippen molar-refractivity contribution in [3.8, 4) is 0 Å². The molecule has 0 bridgehead atoms. The Labute approximate surface area is 139 Å². The van der Waals surface area contributed by atoms with Crippen molar-refractivity contribution < 1.29 is 9.84 Å². The standard InChI is InChI=1S/C15H25N5O4/c1-9(2)24-7-5-6-16-14-17-12-11(20(14)8-10(3)21)13(22)18-15(23)19(12)4/h9-10,21H,5-8H2,1-4H3,(H,16,17)(H,18,22,23)/t10-/m1/s1. The van der Waals surface area contributed by atoms with Crippen molar-refractivity contribution in [1.29, 1.82) is 0 Å². The van der Waals surface area contributed by atoms with Crippen molar-refractivity contribution in [2.24, 2.45) is 7.05 Å². The number of H-pyrrole nitrogens is 1. The maximum absolute atomic E-state index is 12.2. The summed E-state index contributed by atoms with van der Waals surface area (Å²) >= 11 is 0. The molecule has 0 aliphatic heterocycles. The number of ether oxygens (including phenoxy) is 1. The fourth-order valence-electron chi connectivity index (χ4n) is 2.40. The van der Waals surface area contributed by atoms with Crippen LogP contribution in [-0.4, -0.2) is 49.6 Å². The predicted octanol–water partition coefficient (Wildman–Crippen LogP) is 0.0311. The quantitative estimate of drug-likeness (QED) is 0.585. The monoisotopic (exact) mass is 339 g/mol. The Morgan fingerprint density at radius 1 is 1.33 bits per heavy atom. The Kier molecular flexibility index (Phi) is 5.79. The molecule has 0 saturated carbocycles. The van der Waals surface area contributed by atoms with E-state index in [2.05, 4.69) is 15.3 Å². The topological polar surface area (TPSA) is 114 Å². The van der Waals surface area contributed by atoms with Crippen molar-refractivity contribution in [2.75, 3.05) is 18.5 Å². The molecule has 0 saturated heterocycles. The zero-order valence-electron chi connectivity index (χ0n) is 14.5. The lowest BCUT2D eigenvalue weighted by molar-refractivity contribution is 0.0787. The van der Waals surface area contributed by atoms with Crippen LogP contribution in [0, 0.1) is 0 Å². The molecule has 0 radical (unpaired) electrons. The van der Waals surface area contributed by atoms with E-state index >= 15 is 0 Å².